The standard InChI is InChI=1S/C27H30FN5O5/c1-16-10-19-21(31-16)4-5-23(26(19)28)38-27-20-11-24(36-3)25(12-22(20)29-15-30-27)37-14-18(35)13-32-6-8-33(9-7-32)17(2)34/h4-5,10-12,15,18,31,35H,6-9,13-14H2,1-3H3/t18-/m0/s1. The van der Waals surface area contributed by atoms with Gasteiger partial charge in [0.25, 0.3) is 0 Å². The summed E-state index contributed by atoms with van der Waals surface area (Å²) in [6, 6.07) is 8.38. The lowest BCUT2D eigenvalue weighted by Crippen LogP contribution is -2.50. The number of aryl methyl sites for hydroxylation is 1. The Morgan fingerprint density at radius 1 is 1.11 bits per heavy atom. The average Bonchev–Trinajstić information content (AvgIpc) is 3.30. The molecule has 2 aromatic heterocycles. The fraction of sp³-hybridized carbons (Fsp3) is 0.370. The number of nitrogens with one attached hydrogen (secondary N) is 1. The molecule has 0 bridgehead atoms. The highest BCUT2D eigenvalue weighted by atomic mass is 19.1. The normalized spacial score (nSPS) is 15.1. The van der Waals surface area contributed by atoms with Crippen molar-refractivity contribution in [3.8, 4) is 23.1 Å². The van der Waals surface area contributed by atoms with Gasteiger partial charge in [0.2, 0.25) is 11.8 Å². The Morgan fingerprint density at radius 2 is 1.89 bits per heavy atom. The largest absolute Gasteiger partial charge is 0.493 e. The van der Waals surface area contributed by atoms with E-state index in [1.165, 1.54) is 13.4 Å². The van der Waals surface area contributed by atoms with Gasteiger partial charge in [0, 0.05) is 62.3 Å². The minimum atomic E-state index is -0.737. The van der Waals surface area contributed by atoms with Gasteiger partial charge in [-0.05, 0) is 31.2 Å². The number of benzene rings is 2. The Kier molecular flexibility index (Phi) is 7.30. The van der Waals surface area contributed by atoms with Crippen LogP contribution in [0, 0.1) is 12.7 Å². The van der Waals surface area contributed by atoms with E-state index in [0.29, 0.717) is 66.0 Å². The average molecular weight is 524 g/mol. The van der Waals surface area contributed by atoms with Gasteiger partial charge in [-0.25, -0.2) is 14.4 Å². The summed E-state index contributed by atoms with van der Waals surface area (Å²) in [5, 5.41) is 11.5. The van der Waals surface area contributed by atoms with Crippen molar-refractivity contribution >= 4 is 27.7 Å². The number of hydrogen-bond donors (Lipinski definition) is 2. The molecule has 0 radical (unpaired) electrons. The highest BCUT2D eigenvalue weighted by molar-refractivity contribution is 5.87. The van der Waals surface area contributed by atoms with Gasteiger partial charge in [0.1, 0.15) is 19.0 Å². The van der Waals surface area contributed by atoms with Crippen LogP contribution in [0.4, 0.5) is 4.39 Å². The number of piperazine rings is 1. The molecule has 0 aliphatic carbocycles. The molecule has 11 heteroatoms. The van der Waals surface area contributed by atoms with E-state index in [-0.39, 0.29) is 24.1 Å². The first-order valence-electron chi connectivity index (χ1n) is 12.4. The summed E-state index contributed by atoms with van der Waals surface area (Å²) in [6.07, 6.45) is 0.596. The molecule has 0 saturated carbocycles. The SMILES string of the molecule is COc1cc2c(Oc3ccc4[nH]c(C)cc4c3F)ncnc2cc1OC[C@@H](O)CN1CCN(C(C)=O)CC1. The Bertz CT molecular complexity index is 1470. The summed E-state index contributed by atoms with van der Waals surface area (Å²) >= 11 is 0. The molecule has 2 N–H and O–H groups in total. The van der Waals surface area contributed by atoms with E-state index in [4.69, 9.17) is 14.2 Å². The van der Waals surface area contributed by atoms with Crippen LogP contribution in [0.3, 0.4) is 0 Å². The number of nitrogens with zero attached hydrogens (tertiary/aromatic N) is 4. The highest BCUT2D eigenvalue weighted by Gasteiger charge is 2.22. The van der Waals surface area contributed by atoms with E-state index in [9.17, 15) is 9.90 Å². The zero-order chi connectivity index (χ0) is 26.8. The molecule has 0 unspecified atom stereocenters. The van der Waals surface area contributed by atoms with Gasteiger partial charge >= 0.3 is 0 Å². The third-order valence-electron chi connectivity index (χ3n) is 6.65. The van der Waals surface area contributed by atoms with E-state index >= 15 is 4.39 Å². The Balaban J connectivity index is 1.30. The lowest BCUT2D eigenvalue weighted by Gasteiger charge is -2.35. The van der Waals surface area contributed by atoms with Crippen LogP contribution in [0.5, 0.6) is 23.1 Å². The third kappa shape index (κ3) is 5.34. The lowest BCUT2D eigenvalue weighted by molar-refractivity contribution is -0.130. The molecule has 0 spiro atoms. The molecule has 5 rings (SSSR count). The number of ether oxygens (including phenoxy) is 3. The van der Waals surface area contributed by atoms with Crippen molar-refractivity contribution < 1.29 is 28.5 Å². The fourth-order valence-corrected chi connectivity index (χ4v) is 4.65. The molecule has 38 heavy (non-hydrogen) atoms. The third-order valence-corrected chi connectivity index (χ3v) is 6.65. The zero-order valence-electron chi connectivity index (χ0n) is 21.5. The molecule has 10 nitrogen and oxygen atoms in total. The summed E-state index contributed by atoms with van der Waals surface area (Å²) in [4.78, 5) is 27.0. The topological polar surface area (TPSA) is 113 Å². The van der Waals surface area contributed by atoms with E-state index in [2.05, 4.69) is 19.9 Å². The van der Waals surface area contributed by atoms with Crippen molar-refractivity contribution in [1.82, 2.24) is 24.8 Å². The van der Waals surface area contributed by atoms with Crippen LogP contribution in [-0.4, -0.2) is 88.3 Å². The predicted octanol–water partition coefficient (Wildman–Crippen LogP) is 3.26. The molecule has 1 aliphatic rings. The Labute approximate surface area is 218 Å². The van der Waals surface area contributed by atoms with Crippen LogP contribution in [0.25, 0.3) is 21.8 Å². The van der Waals surface area contributed by atoms with Crippen molar-refractivity contribution in [1.29, 1.82) is 0 Å². The first kappa shape index (κ1) is 25.7. The fourth-order valence-electron chi connectivity index (χ4n) is 4.65. The van der Waals surface area contributed by atoms with Gasteiger partial charge in [-0.15, -0.1) is 0 Å². The molecular formula is C27H30FN5O5. The number of halogens is 1. The van der Waals surface area contributed by atoms with Crippen LogP contribution in [0.2, 0.25) is 0 Å². The minimum Gasteiger partial charge on any atom is -0.493 e. The highest BCUT2D eigenvalue weighted by Crippen LogP contribution is 2.37. The maximum absolute atomic E-state index is 15.1. The van der Waals surface area contributed by atoms with Gasteiger partial charge in [-0.2, -0.15) is 0 Å². The first-order valence-corrected chi connectivity index (χ1v) is 12.4. The van der Waals surface area contributed by atoms with E-state index < -0.39 is 11.9 Å². The summed E-state index contributed by atoms with van der Waals surface area (Å²) < 4.78 is 32.4. The number of rotatable bonds is 8. The van der Waals surface area contributed by atoms with Gasteiger partial charge < -0.3 is 29.2 Å². The van der Waals surface area contributed by atoms with Crippen molar-refractivity contribution in [2.24, 2.45) is 0 Å². The second kappa shape index (κ2) is 10.8. The van der Waals surface area contributed by atoms with Crippen molar-refractivity contribution in [3.63, 3.8) is 0 Å². The number of aliphatic hydroxyl groups is 1. The van der Waals surface area contributed by atoms with Gasteiger partial charge in [-0.1, -0.05) is 0 Å². The molecule has 4 aromatic rings. The number of aromatic nitrogens is 3. The van der Waals surface area contributed by atoms with E-state index in [0.717, 1.165) is 5.69 Å². The number of H-pyrrole nitrogens is 1. The number of carbonyl (C=O) groups excluding carboxylic acids is 1. The minimum absolute atomic E-state index is 0.0445. The second-order valence-electron chi connectivity index (χ2n) is 9.36. The number of fused-ring (bicyclic) bond motifs is 2. The number of carbonyl (C=O) groups is 1. The predicted molar refractivity (Wildman–Crippen MR) is 139 cm³/mol. The number of β-amino-alcohol motifs (C(OH)–C–C–N with tert-alkyl or cyclic N) is 1. The molecule has 200 valence electrons. The Hall–Kier alpha value is -3.96. The van der Waals surface area contributed by atoms with E-state index in [1.807, 2.05) is 6.92 Å². The van der Waals surface area contributed by atoms with Crippen molar-refractivity contribution in [2.75, 3.05) is 46.4 Å². The molecule has 1 aliphatic heterocycles. The van der Waals surface area contributed by atoms with Crippen LogP contribution in [0.1, 0.15) is 12.6 Å². The molecule has 1 amide bonds. The summed E-state index contributed by atoms with van der Waals surface area (Å²) in [5.74, 6) is 0.605. The smallest absolute Gasteiger partial charge is 0.230 e. The quantitative estimate of drug-likeness (QED) is 0.362. The number of aromatic amines is 1. The molecule has 1 fully saturated rings. The number of amides is 1. The lowest BCUT2D eigenvalue weighted by atomic mass is 10.2. The Morgan fingerprint density at radius 3 is 2.63 bits per heavy atom. The summed E-state index contributed by atoms with van der Waals surface area (Å²) in [6.45, 7) is 6.60. The summed E-state index contributed by atoms with van der Waals surface area (Å²) in [7, 11) is 1.51. The van der Waals surface area contributed by atoms with Crippen LogP contribution < -0.4 is 14.2 Å². The van der Waals surface area contributed by atoms with Gasteiger partial charge in [-0.3, -0.25) is 9.69 Å². The van der Waals surface area contributed by atoms with Crippen LogP contribution in [0.15, 0.2) is 36.7 Å². The first-order chi connectivity index (χ1) is 18.3. The number of methoxy groups -OCH3 is 1. The second-order valence-corrected chi connectivity index (χ2v) is 9.36. The van der Waals surface area contributed by atoms with Crippen molar-refractivity contribution in [3.05, 3.63) is 48.2 Å². The number of hydrogen-bond acceptors (Lipinski definition) is 8. The van der Waals surface area contributed by atoms with Crippen molar-refractivity contribution in [2.45, 2.75) is 20.0 Å². The van der Waals surface area contributed by atoms with Crippen LogP contribution in [-0.2, 0) is 4.79 Å². The molecular weight excluding hydrogens is 493 g/mol. The van der Waals surface area contributed by atoms with Gasteiger partial charge in [0.05, 0.1) is 18.0 Å². The number of aliphatic hydroxyl groups excluding tert-OH is 1. The maximum atomic E-state index is 15.1. The molecule has 1 saturated heterocycles. The summed E-state index contributed by atoms with van der Waals surface area (Å²) in [5.41, 5.74) is 2.05. The molecule has 3 heterocycles. The van der Waals surface area contributed by atoms with E-state index in [1.54, 1.807) is 42.2 Å². The molecule has 2 aromatic carbocycles. The monoisotopic (exact) mass is 523 g/mol. The van der Waals surface area contributed by atoms with Gasteiger partial charge in [0.15, 0.2) is 23.1 Å². The zero-order valence-corrected chi connectivity index (χ0v) is 21.5. The van der Waals surface area contributed by atoms with Crippen LogP contribution >= 0.6 is 0 Å². The molecule has 1 atom stereocenters. The maximum Gasteiger partial charge on any atom is 0.230 e.